The Balaban J connectivity index is 0.000000347. The van der Waals surface area contributed by atoms with Crippen LogP contribution in [-0.2, 0) is 9.53 Å². The summed E-state index contributed by atoms with van der Waals surface area (Å²) in [5.74, 6) is -0.245. The van der Waals surface area contributed by atoms with Gasteiger partial charge in [0.2, 0.25) is 0 Å². The van der Waals surface area contributed by atoms with Gasteiger partial charge in [0.15, 0.2) is 0 Å². The molecule has 0 atom stereocenters. The van der Waals surface area contributed by atoms with E-state index in [1.165, 1.54) is 14.0 Å². The van der Waals surface area contributed by atoms with E-state index < -0.39 is 0 Å². The number of nitrogens with one attached hydrogen (secondary N) is 1. The maximum atomic E-state index is 9.59. The third kappa shape index (κ3) is 5.51. The topological polar surface area (TPSA) is 38.3 Å². The molecule has 0 bridgehead atoms. The lowest BCUT2D eigenvalue weighted by Gasteiger charge is -2.09. The number of benzene rings is 2. The molecule has 0 fully saturated rings. The Bertz CT molecular complexity index is 539. The Hall–Kier alpha value is -1.71. The van der Waals surface area contributed by atoms with E-state index in [1.54, 1.807) is 12.1 Å². The molecule has 0 unspecified atom stereocenters. The van der Waals surface area contributed by atoms with E-state index in [0.717, 1.165) is 11.4 Å². The molecule has 0 spiro atoms. The van der Waals surface area contributed by atoms with Crippen LogP contribution >= 0.6 is 23.2 Å². The largest absolute Gasteiger partial charge is 0.469 e. The van der Waals surface area contributed by atoms with Crippen LogP contribution in [0.2, 0.25) is 10.0 Å². The highest BCUT2D eigenvalue weighted by Crippen LogP contribution is 2.32. The van der Waals surface area contributed by atoms with Crippen LogP contribution in [0.1, 0.15) is 6.92 Å². The van der Waals surface area contributed by atoms with E-state index in [0.29, 0.717) is 10.0 Å². The number of hydrogen-bond donors (Lipinski definition) is 1. The Morgan fingerprint density at radius 2 is 1.50 bits per heavy atom. The highest BCUT2D eigenvalue weighted by molar-refractivity contribution is 6.39. The zero-order valence-corrected chi connectivity index (χ0v) is 12.7. The molecule has 0 heterocycles. The average Bonchev–Trinajstić information content (AvgIpc) is 2.45. The first-order chi connectivity index (χ1) is 9.54. The van der Waals surface area contributed by atoms with Crippen LogP contribution < -0.4 is 5.32 Å². The number of ether oxygens (including phenoxy) is 1. The minimum atomic E-state index is -0.245. The third-order valence-corrected chi connectivity index (χ3v) is 2.92. The SMILES string of the molecule is COC(C)=O.Clc1cccc(Cl)c1Nc1ccccc1. The monoisotopic (exact) mass is 311 g/mol. The van der Waals surface area contributed by atoms with E-state index in [-0.39, 0.29) is 5.97 Å². The smallest absolute Gasteiger partial charge is 0.302 e. The van der Waals surface area contributed by atoms with Gasteiger partial charge in [-0.2, -0.15) is 0 Å². The summed E-state index contributed by atoms with van der Waals surface area (Å²) in [5.41, 5.74) is 1.71. The van der Waals surface area contributed by atoms with Gasteiger partial charge in [0, 0.05) is 12.6 Å². The maximum absolute atomic E-state index is 9.59. The lowest BCUT2D eigenvalue weighted by molar-refractivity contribution is -0.137. The summed E-state index contributed by atoms with van der Waals surface area (Å²) in [4.78, 5) is 9.59. The number of para-hydroxylation sites is 2. The molecule has 0 aliphatic carbocycles. The summed E-state index contributed by atoms with van der Waals surface area (Å²) in [6, 6.07) is 15.2. The van der Waals surface area contributed by atoms with Gasteiger partial charge in [0.05, 0.1) is 22.8 Å². The van der Waals surface area contributed by atoms with Crippen LogP contribution in [-0.4, -0.2) is 13.1 Å². The molecule has 0 radical (unpaired) electrons. The normalized spacial score (nSPS) is 9.20. The second kappa shape index (κ2) is 8.46. The van der Waals surface area contributed by atoms with Crippen molar-refractivity contribution in [1.29, 1.82) is 0 Å². The third-order valence-electron chi connectivity index (χ3n) is 2.29. The molecule has 0 saturated carbocycles. The standard InChI is InChI=1S/C12H9Cl2N.C3H6O2/c13-10-7-4-8-11(14)12(10)15-9-5-2-1-3-6-9;1-3(4)5-2/h1-8,15H;1-2H3. The van der Waals surface area contributed by atoms with Gasteiger partial charge in [-0.25, -0.2) is 0 Å². The second-order valence-corrected chi connectivity index (χ2v) is 4.60. The Morgan fingerprint density at radius 3 is 1.95 bits per heavy atom. The van der Waals surface area contributed by atoms with Gasteiger partial charge < -0.3 is 10.1 Å². The Morgan fingerprint density at radius 1 is 1.00 bits per heavy atom. The van der Waals surface area contributed by atoms with Gasteiger partial charge in [-0.15, -0.1) is 0 Å². The van der Waals surface area contributed by atoms with Crippen LogP contribution in [0.3, 0.4) is 0 Å². The maximum Gasteiger partial charge on any atom is 0.302 e. The highest BCUT2D eigenvalue weighted by Gasteiger charge is 2.04. The van der Waals surface area contributed by atoms with Gasteiger partial charge in [0.25, 0.3) is 0 Å². The van der Waals surface area contributed by atoms with Crippen molar-refractivity contribution in [1.82, 2.24) is 0 Å². The van der Waals surface area contributed by atoms with E-state index >= 15 is 0 Å². The summed E-state index contributed by atoms with van der Waals surface area (Å²) in [7, 11) is 1.35. The molecule has 2 rings (SSSR count). The summed E-state index contributed by atoms with van der Waals surface area (Å²) in [6.07, 6.45) is 0. The number of hydrogen-bond acceptors (Lipinski definition) is 3. The number of halogens is 2. The average molecular weight is 312 g/mol. The quantitative estimate of drug-likeness (QED) is 0.800. The summed E-state index contributed by atoms with van der Waals surface area (Å²) in [5, 5.41) is 4.41. The zero-order valence-electron chi connectivity index (χ0n) is 11.2. The van der Waals surface area contributed by atoms with Crippen LogP contribution in [0.4, 0.5) is 11.4 Å². The first-order valence-corrected chi connectivity index (χ1v) is 6.61. The number of carbonyl (C=O) groups is 1. The Kier molecular flexibility index (Phi) is 6.91. The van der Waals surface area contributed by atoms with Gasteiger partial charge in [0.1, 0.15) is 0 Å². The highest BCUT2D eigenvalue weighted by atomic mass is 35.5. The fourth-order valence-electron chi connectivity index (χ4n) is 1.28. The molecule has 2 aromatic carbocycles. The molecular formula is C15H15Cl2NO2. The van der Waals surface area contributed by atoms with Gasteiger partial charge in [-0.1, -0.05) is 47.5 Å². The van der Waals surface area contributed by atoms with Crippen molar-refractivity contribution >= 4 is 40.5 Å². The van der Waals surface area contributed by atoms with E-state index in [2.05, 4.69) is 10.1 Å². The van der Waals surface area contributed by atoms with Crippen molar-refractivity contribution in [3.63, 3.8) is 0 Å². The van der Waals surface area contributed by atoms with Crippen molar-refractivity contribution in [3.8, 4) is 0 Å². The lowest BCUT2D eigenvalue weighted by Crippen LogP contribution is -1.91. The fraction of sp³-hybridized carbons (Fsp3) is 0.133. The zero-order chi connectivity index (χ0) is 15.0. The number of anilines is 2. The van der Waals surface area contributed by atoms with Crippen LogP contribution in [0.15, 0.2) is 48.5 Å². The lowest BCUT2D eigenvalue weighted by atomic mass is 10.2. The molecule has 2 aromatic rings. The minimum Gasteiger partial charge on any atom is -0.469 e. The predicted molar refractivity (Wildman–Crippen MR) is 83.9 cm³/mol. The molecule has 0 aromatic heterocycles. The van der Waals surface area contributed by atoms with Crippen LogP contribution in [0.5, 0.6) is 0 Å². The fourth-order valence-corrected chi connectivity index (χ4v) is 1.77. The summed E-state index contributed by atoms with van der Waals surface area (Å²) in [6.45, 7) is 1.36. The molecular weight excluding hydrogens is 297 g/mol. The predicted octanol–water partition coefficient (Wildman–Crippen LogP) is 4.92. The number of rotatable bonds is 2. The second-order valence-electron chi connectivity index (χ2n) is 3.78. The van der Waals surface area contributed by atoms with Gasteiger partial charge in [-0.05, 0) is 24.3 Å². The number of carbonyl (C=O) groups excluding carboxylic acids is 1. The first kappa shape index (κ1) is 16.3. The van der Waals surface area contributed by atoms with Crippen molar-refractivity contribution in [3.05, 3.63) is 58.6 Å². The molecule has 1 N–H and O–H groups in total. The van der Waals surface area contributed by atoms with Crippen molar-refractivity contribution in [2.24, 2.45) is 0 Å². The molecule has 0 aliphatic rings. The number of esters is 1. The molecule has 5 heteroatoms. The molecule has 3 nitrogen and oxygen atoms in total. The molecule has 106 valence electrons. The van der Waals surface area contributed by atoms with Crippen LogP contribution in [0, 0.1) is 0 Å². The first-order valence-electron chi connectivity index (χ1n) is 5.85. The van der Waals surface area contributed by atoms with Crippen molar-refractivity contribution in [2.45, 2.75) is 6.92 Å². The summed E-state index contributed by atoms with van der Waals surface area (Å²) >= 11 is 12.1. The van der Waals surface area contributed by atoms with E-state index in [9.17, 15) is 4.79 Å². The van der Waals surface area contributed by atoms with Crippen LogP contribution in [0.25, 0.3) is 0 Å². The molecule has 0 amide bonds. The van der Waals surface area contributed by atoms with Gasteiger partial charge in [-0.3, -0.25) is 4.79 Å². The minimum absolute atomic E-state index is 0.245. The molecule has 20 heavy (non-hydrogen) atoms. The molecule has 0 saturated heterocycles. The number of methoxy groups -OCH3 is 1. The van der Waals surface area contributed by atoms with Gasteiger partial charge >= 0.3 is 5.97 Å². The van der Waals surface area contributed by atoms with E-state index in [1.807, 2.05) is 36.4 Å². The van der Waals surface area contributed by atoms with E-state index in [4.69, 9.17) is 23.2 Å². The molecule has 0 aliphatic heterocycles. The van der Waals surface area contributed by atoms with Crippen molar-refractivity contribution in [2.75, 3.05) is 12.4 Å². The summed E-state index contributed by atoms with van der Waals surface area (Å²) < 4.78 is 4.11. The Labute approximate surface area is 128 Å². The van der Waals surface area contributed by atoms with Crippen molar-refractivity contribution < 1.29 is 9.53 Å².